The summed E-state index contributed by atoms with van der Waals surface area (Å²) in [5.74, 6) is -0.364. The molecule has 1 aromatic carbocycles. The molecule has 2 rings (SSSR count). The highest BCUT2D eigenvalue weighted by molar-refractivity contribution is 9.10. The number of benzene rings is 1. The topological polar surface area (TPSA) is 56.1 Å². The van der Waals surface area contributed by atoms with Crippen molar-refractivity contribution in [3.05, 3.63) is 34.1 Å². The van der Waals surface area contributed by atoms with Gasteiger partial charge in [-0.15, -0.1) is 0 Å². The van der Waals surface area contributed by atoms with Gasteiger partial charge < -0.3 is 10.2 Å². The molecule has 1 atom stereocenters. The summed E-state index contributed by atoms with van der Waals surface area (Å²) in [6.45, 7) is 0.317. The third kappa shape index (κ3) is 2.39. The minimum Gasteiger partial charge on any atom is -0.329 e. The lowest BCUT2D eigenvalue weighted by Gasteiger charge is -2.11. The van der Waals surface area contributed by atoms with Crippen LogP contribution in [0.3, 0.4) is 0 Å². The summed E-state index contributed by atoms with van der Waals surface area (Å²) in [6, 6.07) is 5.73. The minimum atomic E-state index is -0.409. The first-order chi connectivity index (χ1) is 8.11. The van der Waals surface area contributed by atoms with Gasteiger partial charge >= 0.3 is 6.03 Å². The Morgan fingerprint density at radius 1 is 1.65 bits per heavy atom. The standard InChI is InChI=1S/C11H9BrFN3O/c12-7-1-2-9(13)8(5-7)10-6-16(4-3-14)11(17)15-10/h1-2,5,10H,4,6H2,(H,15,17). The van der Waals surface area contributed by atoms with Gasteiger partial charge in [0.1, 0.15) is 12.4 Å². The Balaban J connectivity index is 2.23. The molecule has 0 radical (unpaired) electrons. The smallest absolute Gasteiger partial charge is 0.318 e. The number of halogens is 2. The molecule has 0 spiro atoms. The van der Waals surface area contributed by atoms with Crippen LogP contribution in [-0.2, 0) is 0 Å². The summed E-state index contributed by atoms with van der Waals surface area (Å²) >= 11 is 3.26. The van der Waals surface area contributed by atoms with Gasteiger partial charge in [-0.05, 0) is 18.2 Å². The molecule has 1 heterocycles. The van der Waals surface area contributed by atoms with Crippen LogP contribution in [0.25, 0.3) is 0 Å². The van der Waals surface area contributed by atoms with Gasteiger partial charge in [0.15, 0.2) is 0 Å². The van der Waals surface area contributed by atoms with E-state index in [1.165, 1.54) is 11.0 Å². The van der Waals surface area contributed by atoms with Crippen molar-refractivity contribution in [2.45, 2.75) is 6.04 Å². The van der Waals surface area contributed by atoms with Crippen LogP contribution in [0.1, 0.15) is 11.6 Å². The maximum atomic E-state index is 13.6. The van der Waals surface area contributed by atoms with Crippen LogP contribution in [0.4, 0.5) is 9.18 Å². The van der Waals surface area contributed by atoms with Gasteiger partial charge in [-0.3, -0.25) is 0 Å². The van der Waals surface area contributed by atoms with Crippen molar-refractivity contribution in [3.8, 4) is 6.07 Å². The molecule has 17 heavy (non-hydrogen) atoms. The van der Waals surface area contributed by atoms with Crippen LogP contribution in [0.15, 0.2) is 22.7 Å². The normalized spacial score (nSPS) is 19.0. The van der Waals surface area contributed by atoms with E-state index in [1.807, 2.05) is 6.07 Å². The molecular formula is C11H9BrFN3O. The van der Waals surface area contributed by atoms with Crippen LogP contribution in [-0.4, -0.2) is 24.0 Å². The van der Waals surface area contributed by atoms with Gasteiger partial charge in [0.2, 0.25) is 0 Å². The molecule has 4 nitrogen and oxygen atoms in total. The second kappa shape index (κ2) is 4.72. The van der Waals surface area contributed by atoms with Gasteiger partial charge in [-0.1, -0.05) is 15.9 Å². The highest BCUT2D eigenvalue weighted by atomic mass is 79.9. The molecule has 6 heteroatoms. The molecule has 0 saturated carbocycles. The predicted octanol–water partition coefficient (Wildman–Crippen LogP) is 2.18. The molecule has 88 valence electrons. The van der Waals surface area contributed by atoms with Gasteiger partial charge in [0, 0.05) is 16.6 Å². The molecular weight excluding hydrogens is 289 g/mol. The third-order valence-corrected chi connectivity index (χ3v) is 3.08. The maximum absolute atomic E-state index is 13.6. The van der Waals surface area contributed by atoms with Crippen molar-refractivity contribution in [3.63, 3.8) is 0 Å². The number of amides is 2. The highest BCUT2D eigenvalue weighted by Gasteiger charge is 2.31. The van der Waals surface area contributed by atoms with Crippen molar-refractivity contribution < 1.29 is 9.18 Å². The van der Waals surface area contributed by atoms with Crippen LogP contribution in [0.5, 0.6) is 0 Å². The van der Waals surface area contributed by atoms with E-state index >= 15 is 0 Å². The summed E-state index contributed by atoms with van der Waals surface area (Å²) in [7, 11) is 0. The monoisotopic (exact) mass is 297 g/mol. The highest BCUT2D eigenvalue weighted by Crippen LogP contribution is 2.25. The van der Waals surface area contributed by atoms with Crippen LogP contribution in [0.2, 0.25) is 0 Å². The van der Waals surface area contributed by atoms with E-state index in [9.17, 15) is 9.18 Å². The molecule has 1 aliphatic heterocycles. The Hall–Kier alpha value is -1.61. The van der Waals surface area contributed by atoms with Gasteiger partial charge in [0.05, 0.1) is 12.1 Å². The second-order valence-electron chi connectivity index (χ2n) is 3.71. The average molecular weight is 298 g/mol. The van der Waals surface area contributed by atoms with Gasteiger partial charge in [0.25, 0.3) is 0 Å². The van der Waals surface area contributed by atoms with E-state index in [4.69, 9.17) is 5.26 Å². The summed E-state index contributed by atoms with van der Waals surface area (Å²) in [6.07, 6.45) is 0. The zero-order chi connectivity index (χ0) is 12.4. The lowest BCUT2D eigenvalue weighted by atomic mass is 10.1. The Labute approximate surface area is 106 Å². The molecule has 1 aromatic rings. The van der Waals surface area contributed by atoms with E-state index in [1.54, 1.807) is 12.1 Å². The van der Waals surface area contributed by atoms with Crippen molar-refractivity contribution in [2.75, 3.05) is 13.1 Å². The van der Waals surface area contributed by atoms with Crippen LogP contribution >= 0.6 is 15.9 Å². The number of nitriles is 1. The number of urea groups is 1. The van der Waals surface area contributed by atoms with E-state index < -0.39 is 6.04 Å². The quantitative estimate of drug-likeness (QED) is 0.851. The molecule has 2 amide bonds. The third-order valence-electron chi connectivity index (χ3n) is 2.58. The van der Waals surface area contributed by atoms with E-state index in [2.05, 4.69) is 21.2 Å². The zero-order valence-electron chi connectivity index (χ0n) is 8.78. The fourth-order valence-corrected chi connectivity index (χ4v) is 2.15. The molecule has 0 aromatic heterocycles. The molecule has 1 saturated heterocycles. The van der Waals surface area contributed by atoms with Crippen LogP contribution < -0.4 is 5.32 Å². The number of nitrogens with zero attached hydrogens (tertiary/aromatic N) is 2. The zero-order valence-corrected chi connectivity index (χ0v) is 10.4. The molecule has 1 fully saturated rings. The molecule has 0 aliphatic carbocycles. The van der Waals surface area contributed by atoms with Crippen molar-refractivity contribution in [1.82, 2.24) is 10.2 Å². The predicted molar refractivity (Wildman–Crippen MR) is 62.6 cm³/mol. The lowest BCUT2D eigenvalue weighted by molar-refractivity contribution is 0.222. The summed E-state index contributed by atoms with van der Waals surface area (Å²) < 4.78 is 14.4. The Kier molecular flexibility index (Phi) is 3.29. The number of nitrogens with one attached hydrogen (secondary N) is 1. The molecule has 1 N–H and O–H groups in total. The Bertz CT molecular complexity index is 500. The van der Waals surface area contributed by atoms with Crippen LogP contribution in [0, 0.1) is 17.1 Å². The average Bonchev–Trinajstić information content (AvgIpc) is 2.64. The summed E-state index contributed by atoms with van der Waals surface area (Å²) in [4.78, 5) is 12.8. The second-order valence-corrected chi connectivity index (χ2v) is 4.62. The maximum Gasteiger partial charge on any atom is 0.318 e. The van der Waals surface area contributed by atoms with Gasteiger partial charge in [-0.25, -0.2) is 9.18 Å². The number of hydrogen-bond donors (Lipinski definition) is 1. The lowest BCUT2D eigenvalue weighted by Crippen LogP contribution is -2.28. The largest absolute Gasteiger partial charge is 0.329 e. The van der Waals surface area contributed by atoms with E-state index in [0.717, 1.165) is 4.47 Å². The first-order valence-electron chi connectivity index (χ1n) is 4.99. The fraction of sp³-hybridized carbons (Fsp3) is 0.273. The van der Waals surface area contributed by atoms with Crippen molar-refractivity contribution in [1.29, 1.82) is 5.26 Å². The first kappa shape index (κ1) is 11.9. The summed E-state index contributed by atoms with van der Waals surface area (Å²) in [5, 5.41) is 11.2. The Morgan fingerprint density at radius 2 is 2.41 bits per heavy atom. The molecule has 1 unspecified atom stereocenters. The number of carbonyl (C=O) groups excluding carboxylic acids is 1. The number of rotatable bonds is 2. The van der Waals surface area contributed by atoms with Crippen molar-refractivity contribution in [2.24, 2.45) is 0 Å². The SMILES string of the molecule is N#CCN1CC(c2cc(Br)ccc2F)NC1=O. The number of carbonyl (C=O) groups is 1. The van der Waals surface area contributed by atoms with Crippen molar-refractivity contribution >= 4 is 22.0 Å². The van der Waals surface area contributed by atoms with E-state index in [-0.39, 0.29) is 18.4 Å². The molecule has 1 aliphatic rings. The van der Waals surface area contributed by atoms with Gasteiger partial charge in [-0.2, -0.15) is 5.26 Å². The number of hydrogen-bond acceptors (Lipinski definition) is 2. The fourth-order valence-electron chi connectivity index (χ4n) is 1.77. The minimum absolute atomic E-state index is 0.0119. The first-order valence-corrected chi connectivity index (χ1v) is 5.78. The van der Waals surface area contributed by atoms with E-state index in [0.29, 0.717) is 12.1 Å². The summed E-state index contributed by atoms with van der Waals surface area (Å²) in [5.41, 5.74) is 0.424. The molecule has 0 bridgehead atoms. The Morgan fingerprint density at radius 3 is 3.12 bits per heavy atom.